The average molecular weight is 222 g/mol. The lowest BCUT2D eigenvalue weighted by Gasteiger charge is -2.27. The Bertz CT molecular complexity index is 407. The highest BCUT2D eigenvalue weighted by atomic mass is 16.1. The van der Waals surface area contributed by atoms with E-state index in [2.05, 4.69) is 9.97 Å². The van der Waals surface area contributed by atoms with Gasteiger partial charge in [0.25, 0.3) is 0 Å². The van der Waals surface area contributed by atoms with Gasteiger partial charge in [0.1, 0.15) is 5.82 Å². The van der Waals surface area contributed by atoms with E-state index in [4.69, 9.17) is 11.5 Å². The van der Waals surface area contributed by atoms with E-state index in [1.54, 1.807) is 6.07 Å². The lowest BCUT2D eigenvalue weighted by Crippen LogP contribution is -2.23. The summed E-state index contributed by atoms with van der Waals surface area (Å²) in [5.74, 6) is 1.35. The highest BCUT2D eigenvalue weighted by Gasteiger charge is 2.22. The molecule has 1 aliphatic carbocycles. The molecule has 0 amide bonds. The summed E-state index contributed by atoms with van der Waals surface area (Å²) in [5, 5.41) is 0. The van der Waals surface area contributed by atoms with E-state index in [-0.39, 0.29) is 5.69 Å². The summed E-state index contributed by atoms with van der Waals surface area (Å²) in [6.07, 6.45) is 4.40. The molecule has 0 radical (unpaired) electrons. The summed E-state index contributed by atoms with van der Waals surface area (Å²) in [6, 6.07) is 1.77. The van der Waals surface area contributed by atoms with Crippen molar-refractivity contribution in [3.05, 3.63) is 22.2 Å². The molecule has 5 nitrogen and oxygen atoms in total. The Morgan fingerprint density at radius 3 is 2.62 bits per heavy atom. The van der Waals surface area contributed by atoms with Gasteiger partial charge in [0.2, 0.25) is 0 Å². The van der Waals surface area contributed by atoms with E-state index in [1.165, 1.54) is 0 Å². The number of nitrogens with two attached hydrogens (primary N) is 2. The number of nitrogen functional groups attached to an aromatic ring is 1. The topological polar surface area (TPSA) is 97.8 Å². The van der Waals surface area contributed by atoms with Crippen LogP contribution in [0, 0.1) is 5.92 Å². The van der Waals surface area contributed by atoms with Crippen molar-refractivity contribution >= 4 is 5.82 Å². The number of aromatic amines is 1. The van der Waals surface area contributed by atoms with Crippen molar-refractivity contribution in [1.82, 2.24) is 9.97 Å². The molecule has 0 atom stereocenters. The second-order valence-corrected chi connectivity index (χ2v) is 4.52. The van der Waals surface area contributed by atoms with Gasteiger partial charge in [-0.3, -0.25) is 0 Å². The molecule has 0 aromatic carbocycles. The third-order valence-electron chi connectivity index (χ3n) is 3.41. The largest absolute Gasteiger partial charge is 0.383 e. The SMILES string of the molecule is NCC1CCC(c2cc(N)nc(=O)[nH]2)CC1. The van der Waals surface area contributed by atoms with Crippen molar-refractivity contribution in [2.24, 2.45) is 11.7 Å². The van der Waals surface area contributed by atoms with Gasteiger partial charge in [-0.25, -0.2) is 4.79 Å². The summed E-state index contributed by atoms with van der Waals surface area (Å²) in [5.41, 5.74) is 11.8. The van der Waals surface area contributed by atoms with E-state index < -0.39 is 0 Å². The van der Waals surface area contributed by atoms with E-state index >= 15 is 0 Å². The molecule has 0 aliphatic heterocycles. The molecule has 5 heteroatoms. The van der Waals surface area contributed by atoms with Gasteiger partial charge in [-0.15, -0.1) is 0 Å². The molecule has 0 spiro atoms. The lowest BCUT2D eigenvalue weighted by atomic mass is 9.80. The zero-order chi connectivity index (χ0) is 11.5. The van der Waals surface area contributed by atoms with Crippen molar-refractivity contribution in [3.8, 4) is 0 Å². The number of H-pyrrole nitrogens is 1. The monoisotopic (exact) mass is 222 g/mol. The second kappa shape index (κ2) is 4.65. The Labute approximate surface area is 94.3 Å². The standard InChI is InChI=1S/C11H18N4O/c12-6-7-1-3-8(4-2-7)9-5-10(13)15-11(16)14-9/h5,7-8H,1-4,6,12H2,(H3,13,14,15,16). The molecule has 1 heterocycles. The molecule has 1 fully saturated rings. The molecule has 2 rings (SSSR count). The van der Waals surface area contributed by atoms with Crippen LogP contribution in [0.1, 0.15) is 37.3 Å². The second-order valence-electron chi connectivity index (χ2n) is 4.52. The molecule has 1 aromatic heterocycles. The summed E-state index contributed by atoms with van der Waals surface area (Å²) >= 11 is 0. The first-order chi connectivity index (χ1) is 7.69. The summed E-state index contributed by atoms with van der Waals surface area (Å²) < 4.78 is 0. The number of hydrogen-bond donors (Lipinski definition) is 3. The molecule has 0 saturated heterocycles. The third-order valence-corrected chi connectivity index (χ3v) is 3.41. The van der Waals surface area contributed by atoms with Crippen LogP contribution in [0.2, 0.25) is 0 Å². The van der Waals surface area contributed by atoms with Gasteiger partial charge >= 0.3 is 5.69 Å². The maximum absolute atomic E-state index is 11.2. The number of rotatable bonds is 2. The number of anilines is 1. The van der Waals surface area contributed by atoms with Gasteiger partial charge in [-0.05, 0) is 44.1 Å². The summed E-state index contributed by atoms with van der Waals surface area (Å²) in [6.45, 7) is 0.766. The number of hydrogen-bond acceptors (Lipinski definition) is 4. The van der Waals surface area contributed by atoms with Crippen LogP contribution in [-0.4, -0.2) is 16.5 Å². The van der Waals surface area contributed by atoms with Gasteiger partial charge in [-0.1, -0.05) is 0 Å². The van der Waals surface area contributed by atoms with Gasteiger partial charge in [0.05, 0.1) is 0 Å². The van der Waals surface area contributed by atoms with Crippen LogP contribution < -0.4 is 17.2 Å². The van der Waals surface area contributed by atoms with Crippen LogP contribution >= 0.6 is 0 Å². The Hall–Kier alpha value is -1.36. The first-order valence-electron chi connectivity index (χ1n) is 5.76. The highest BCUT2D eigenvalue weighted by Crippen LogP contribution is 2.34. The van der Waals surface area contributed by atoms with Crippen molar-refractivity contribution in [2.75, 3.05) is 12.3 Å². The fourth-order valence-electron chi connectivity index (χ4n) is 2.43. The minimum Gasteiger partial charge on any atom is -0.383 e. The van der Waals surface area contributed by atoms with Crippen molar-refractivity contribution in [2.45, 2.75) is 31.6 Å². The quantitative estimate of drug-likeness (QED) is 0.682. The van der Waals surface area contributed by atoms with E-state index in [1.807, 2.05) is 0 Å². The molecule has 5 N–H and O–H groups in total. The zero-order valence-corrected chi connectivity index (χ0v) is 9.28. The molecular formula is C11H18N4O. The summed E-state index contributed by atoms with van der Waals surface area (Å²) in [4.78, 5) is 17.6. The predicted octanol–water partition coefficient (Wildman–Crippen LogP) is 0.585. The number of aromatic nitrogens is 2. The molecule has 0 unspecified atom stereocenters. The van der Waals surface area contributed by atoms with E-state index in [0.29, 0.717) is 17.7 Å². The van der Waals surface area contributed by atoms with Crippen LogP contribution in [0.15, 0.2) is 10.9 Å². The van der Waals surface area contributed by atoms with Gasteiger partial charge in [0.15, 0.2) is 0 Å². The van der Waals surface area contributed by atoms with Crippen molar-refractivity contribution in [3.63, 3.8) is 0 Å². The average Bonchev–Trinajstić information content (AvgIpc) is 2.28. The van der Waals surface area contributed by atoms with E-state index in [9.17, 15) is 4.79 Å². The third kappa shape index (κ3) is 2.41. The zero-order valence-electron chi connectivity index (χ0n) is 9.28. The maximum Gasteiger partial charge on any atom is 0.347 e. The normalized spacial score (nSPS) is 25.6. The minimum absolute atomic E-state index is 0.305. The Balaban J connectivity index is 2.11. The molecule has 1 aromatic rings. The van der Waals surface area contributed by atoms with Crippen molar-refractivity contribution in [1.29, 1.82) is 0 Å². The minimum atomic E-state index is -0.351. The first-order valence-corrected chi connectivity index (χ1v) is 5.76. The van der Waals surface area contributed by atoms with Gasteiger partial charge in [-0.2, -0.15) is 4.98 Å². The highest BCUT2D eigenvalue weighted by molar-refractivity contribution is 5.29. The van der Waals surface area contributed by atoms with Gasteiger partial charge in [0, 0.05) is 11.8 Å². The molecule has 0 bridgehead atoms. The van der Waals surface area contributed by atoms with Crippen LogP contribution in [0.4, 0.5) is 5.82 Å². The molecule has 88 valence electrons. The smallest absolute Gasteiger partial charge is 0.347 e. The number of nitrogens with zero attached hydrogens (tertiary/aromatic N) is 1. The Morgan fingerprint density at radius 1 is 1.38 bits per heavy atom. The predicted molar refractivity (Wildman–Crippen MR) is 63.0 cm³/mol. The van der Waals surface area contributed by atoms with Crippen LogP contribution in [0.3, 0.4) is 0 Å². The molecule has 16 heavy (non-hydrogen) atoms. The first kappa shape index (κ1) is 11.1. The fraction of sp³-hybridized carbons (Fsp3) is 0.636. The fourth-order valence-corrected chi connectivity index (χ4v) is 2.43. The van der Waals surface area contributed by atoms with Crippen molar-refractivity contribution < 1.29 is 0 Å². The molecule has 1 aliphatic rings. The van der Waals surface area contributed by atoms with Crippen LogP contribution in [-0.2, 0) is 0 Å². The number of nitrogens with one attached hydrogen (secondary N) is 1. The summed E-state index contributed by atoms with van der Waals surface area (Å²) in [7, 11) is 0. The Morgan fingerprint density at radius 2 is 2.06 bits per heavy atom. The molecular weight excluding hydrogens is 204 g/mol. The maximum atomic E-state index is 11.2. The Kier molecular flexibility index (Phi) is 3.24. The molecule has 1 saturated carbocycles. The van der Waals surface area contributed by atoms with Crippen LogP contribution in [0.25, 0.3) is 0 Å². The van der Waals surface area contributed by atoms with Crippen LogP contribution in [0.5, 0.6) is 0 Å². The lowest BCUT2D eigenvalue weighted by molar-refractivity contribution is 0.329. The van der Waals surface area contributed by atoms with Gasteiger partial charge < -0.3 is 16.5 Å². The van der Waals surface area contributed by atoms with E-state index in [0.717, 1.165) is 37.9 Å².